The van der Waals surface area contributed by atoms with Crippen LogP contribution >= 0.6 is 11.6 Å². The van der Waals surface area contributed by atoms with Gasteiger partial charge in [0.05, 0.1) is 67.7 Å². The number of fused-ring (bicyclic) bond motifs is 18. The topological polar surface area (TPSA) is 121 Å². The smallest absolute Gasteiger partial charge is 0.457 e. The molecule has 0 unspecified atom stereocenters. The predicted molar refractivity (Wildman–Crippen MR) is 381 cm³/mol. The lowest BCUT2D eigenvalue weighted by Crippen LogP contribution is -2.41. The van der Waals surface area contributed by atoms with E-state index >= 15 is 0 Å². The van der Waals surface area contributed by atoms with Crippen molar-refractivity contribution < 1.29 is 37.4 Å². The highest BCUT2D eigenvalue weighted by molar-refractivity contribution is 7.11. The van der Waals surface area contributed by atoms with Gasteiger partial charge >= 0.3 is 21.1 Å². The molecule has 3 fully saturated rings. The van der Waals surface area contributed by atoms with Crippen molar-refractivity contribution in [3.63, 3.8) is 0 Å². The van der Waals surface area contributed by atoms with Gasteiger partial charge in [0.1, 0.15) is 23.0 Å². The van der Waals surface area contributed by atoms with Gasteiger partial charge in [-0.3, -0.25) is 0 Å². The summed E-state index contributed by atoms with van der Waals surface area (Å²) in [7, 11) is -1.43. The standard InChI is InChI=1S/C38H30BNO3.C32H18ClNO.C12H24B2O4/c1-36(2)37(3,4)43-39(42-36)27-18-20-29-28-19-17-26(25-15-13-24(23-40)14-16-25)21-32(28)38(33(29)22-27)30-9-5-7-11-34(30)41-35-12-8-6-10-31(35)38;33-23-14-16-25-24-15-13-22(21-11-9-20(19-34)10-12-21)17-28(24)32(29(25)18-23)26-5-1-3-7-30(26)35-31-8-4-2-6-27(31)32;1-9(2)10(3,4)16-13(15-9)14-17-11(5,6)12(7,8)18-14/h5-22H,1-4H3;1-18H;1-8H3. The van der Waals surface area contributed by atoms with Gasteiger partial charge in [0.2, 0.25) is 0 Å². The van der Waals surface area contributed by atoms with E-state index in [4.69, 9.17) is 49.0 Å². The van der Waals surface area contributed by atoms with Gasteiger partial charge in [-0.25, -0.2) is 0 Å². The molecule has 0 bridgehead atoms. The third-order valence-electron chi connectivity index (χ3n) is 21.9. The van der Waals surface area contributed by atoms with Crippen LogP contribution in [0.5, 0.6) is 23.0 Å². The molecule has 7 aliphatic rings. The minimum Gasteiger partial charge on any atom is -0.457 e. The van der Waals surface area contributed by atoms with Gasteiger partial charge in [-0.15, -0.1) is 0 Å². The Morgan fingerprint density at radius 3 is 0.948 bits per heavy atom. The number of nitriles is 2. The Bertz CT molecular complexity index is 4720. The number of hydrogen-bond acceptors (Lipinski definition) is 10. The summed E-state index contributed by atoms with van der Waals surface area (Å²) in [5.74, 6) is 3.41. The molecule has 0 saturated carbocycles. The van der Waals surface area contributed by atoms with Crippen LogP contribution in [0.3, 0.4) is 0 Å². The van der Waals surface area contributed by atoms with Crippen molar-refractivity contribution >= 4 is 38.2 Å². The van der Waals surface area contributed by atoms with Crippen LogP contribution in [0.1, 0.15) is 139 Å². The summed E-state index contributed by atoms with van der Waals surface area (Å²) in [5, 5.41) is 19.3. The maximum atomic E-state index is 9.36. The first-order valence-electron chi connectivity index (χ1n) is 32.9. The second kappa shape index (κ2) is 22.6. The fraction of sp³-hybridized carbons (Fsp3) is 0.244. The Morgan fingerprint density at radius 1 is 0.302 bits per heavy atom. The van der Waals surface area contributed by atoms with Gasteiger partial charge in [-0.05, 0) is 228 Å². The van der Waals surface area contributed by atoms with E-state index in [1.165, 1.54) is 44.5 Å². The van der Waals surface area contributed by atoms with Gasteiger partial charge in [-0.2, -0.15) is 10.5 Å². The molecule has 0 atom stereocenters. The summed E-state index contributed by atoms with van der Waals surface area (Å²) < 4.78 is 49.8. The SMILES string of the molecule is CC1(C)OB(B2OC(C)(C)C(C)(C)O2)OC1(C)C.CC1(C)OB(c2ccc3c(c2)C2(c4ccccc4Oc4ccccc42)c2cc(-c4ccc(C#N)cc4)ccc2-3)OC1(C)C.N#Cc1ccc(-c2ccc3c(c2)C2(c4ccccc4Oc4ccccc42)c2cc(Cl)ccc2-3)cc1. The summed E-state index contributed by atoms with van der Waals surface area (Å²) in [5.41, 5.74) is 17.1. The molecule has 0 radical (unpaired) electrons. The Labute approximate surface area is 569 Å². The number of para-hydroxylation sites is 4. The highest BCUT2D eigenvalue weighted by Gasteiger charge is 2.64. The van der Waals surface area contributed by atoms with Gasteiger partial charge < -0.3 is 37.4 Å². The number of rotatable bonds is 4. The van der Waals surface area contributed by atoms with E-state index in [2.05, 4.69) is 167 Å². The highest BCUT2D eigenvalue weighted by atomic mass is 35.5. The third kappa shape index (κ3) is 9.76. The largest absolute Gasteiger partial charge is 0.494 e. The zero-order valence-corrected chi connectivity index (χ0v) is 56.8. The Morgan fingerprint density at radius 2 is 0.594 bits per heavy atom. The van der Waals surface area contributed by atoms with Crippen molar-refractivity contribution in [1.29, 1.82) is 10.5 Å². The lowest BCUT2D eigenvalue weighted by atomic mass is 9.49. The summed E-state index contributed by atoms with van der Waals surface area (Å²) in [4.78, 5) is 0. The monoisotopic (exact) mass is 1280 g/mol. The van der Waals surface area contributed by atoms with Crippen molar-refractivity contribution in [1.82, 2.24) is 0 Å². The van der Waals surface area contributed by atoms with Crippen LogP contribution in [-0.2, 0) is 38.8 Å². The Hall–Kier alpha value is -8.98. The molecule has 10 aromatic carbocycles. The maximum Gasteiger partial charge on any atom is 0.494 e. The molecule has 10 nitrogen and oxygen atoms in total. The number of ether oxygens (including phenoxy) is 2. The molecular formula is C82H72B3ClN2O8. The van der Waals surface area contributed by atoms with Crippen molar-refractivity contribution in [3.05, 3.63) is 279 Å². The molecule has 474 valence electrons. The molecule has 0 N–H and O–H groups in total. The summed E-state index contributed by atoms with van der Waals surface area (Å²) in [6, 6.07) is 79.7. The second-order valence-corrected chi connectivity index (χ2v) is 29.4. The highest BCUT2D eigenvalue weighted by Crippen LogP contribution is 2.65. The van der Waals surface area contributed by atoms with Crippen molar-refractivity contribution in [2.75, 3.05) is 0 Å². The number of benzene rings is 10. The van der Waals surface area contributed by atoms with E-state index in [1.807, 2.05) is 146 Å². The van der Waals surface area contributed by atoms with E-state index in [9.17, 15) is 10.5 Å². The van der Waals surface area contributed by atoms with Crippen LogP contribution < -0.4 is 14.9 Å². The third-order valence-corrected chi connectivity index (χ3v) is 22.1. The van der Waals surface area contributed by atoms with Gasteiger partial charge in [0.15, 0.2) is 0 Å². The average molecular weight is 1280 g/mol. The number of nitrogens with zero attached hydrogens (tertiary/aromatic N) is 2. The molecule has 2 spiro atoms. The van der Waals surface area contributed by atoms with Gasteiger partial charge in [0.25, 0.3) is 0 Å². The van der Waals surface area contributed by atoms with Crippen LogP contribution in [0.15, 0.2) is 218 Å². The van der Waals surface area contributed by atoms with E-state index in [0.29, 0.717) is 16.1 Å². The molecule has 17 rings (SSSR count). The maximum absolute atomic E-state index is 9.36. The fourth-order valence-electron chi connectivity index (χ4n) is 14.7. The van der Waals surface area contributed by atoms with E-state index in [0.717, 1.165) is 73.0 Å². The number of hydrogen-bond donors (Lipinski definition) is 0. The zero-order chi connectivity index (χ0) is 67.1. The summed E-state index contributed by atoms with van der Waals surface area (Å²) >= 11 is 6.62. The molecule has 2 aliphatic carbocycles. The minimum atomic E-state index is -0.613. The molecular weight excluding hydrogens is 1210 g/mol. The Balaban J connectivity index is 0.000000128. The van der Waals surface area contributed by atoms with Crippen LogP contribution in [-0.4, -0.2) is 54.7 Å². The first-order chi connectivity index (χ1) is 45.8. The van der Waals surface area contributed by atoms with Crippen LogP contribution in [0.4, 0.5) is 0 Å². The molecule has 0 aromatic heterocycles. The molecule has 96 heavy (non-hydrogen) atoms. The second-order valence-electron chi connectivity index (χ2n) is 28.9. The van der Waals surface area contributed by atoms with Gasteiger partial charge in [0, 0.05) is 27.3 Å². The lowest BCUT2D eigenvalue weighted by Gasteiger charge is -2.39. The van der Waals surface area contributed by atoms with E-state index in [-0.39, 0.29) is 22.4 Å². The molecule has 10 aromatic rings. The van der Waals surface area contributed by atoms with E-state index in [1.54, 1.807) is 0 Å². The molecule has 5 aliphatic heterocycles. The molecule has 3 saturated heterocycles. The quantitative estimate of drug-likeness (QED) is 0.157. The van der Waals surface area contributed by atoms with Crippen LogP contribution in [0.2, 0.25) is 5.02 Å². The van der Waals surface area contributed by atoms with Crippen LogP contribution in [0, 0.1) is 22.7 Å². The van der Waals surface area contributed by atoms with Crippen molar-refractivity contribution in [2.45, 2.75) is 128 Å². The molecule has 14 heteroatoms. The first kappa shape index (κ1) is 63.1. The van der Waals surface area contributed by atoms with Crippen molar-refractivity contribution in [2.24, 2.45) is 0 Å². The summed E-state index contributed by atoms with van der Waals surface area (Å²) in [6.07, 6.45) is 0. The normalized spacial score (nSPS) is 19.0. The summed E-state index contributed by atoms with van der Waals surface area (Å²) in [6.45, 7) is 24.6. The predicted octanol–water partition coefficient (Wildman–Crippen LogP) is 18.6. The first-order valence-corrected chi connectivity index (χ1v) is 33.2. The van der Waals surface area contributed by atoms with Crippen LogP contribution in [0.25, 0.3) is 44.5 Å². The lowest BCUT2D eigenvalue weighted by molar-refractivity contribution is 0.00578. The number of halogens is 1. The average Bonchev–Trinajstić information content (AvgIpc) is 1.74. The molecule has 5 heterocycles. The van der Waals surface area contributed by atoms with E-state index < -0.39 is 43.2 Å². The minimum absolute atomic E-state index is 0.360. The zero-order valence-electron chi connectivity index (χ0n) is 56.1. The van der Waals surface area contributed by atoms with Gasteiger partial charge in [-0.1, -0.05) is 157 Å². The fourth-order valence-corrected chi connectivity index (χ4v) is 14.9. The molecule has 0 amide bonds. The van der Waals surface area contributed by atoms with Crippen molar-refractivity contribution in [3.8, 4) is 79.6 Å². The Kier molecular flexibility index (Phi) is 14.8.